The molecule has 0 aliphatic rings. The van der Waals surface area contributed by atoms with Crippen molar-refractivity contribution < 1.29 is 9.53 Å². The normalized spacial score (nSPS) is 10.5. The van der Waals surface area contributed by atoms with E-state index in [1.807, 2.05) is 0 Å². The third kappa shape index (κ3) is 4.07. The monoisotopic (exact) mass is 240 g/mol. The first kappa shape index (κ1) is 13.5. The lowest BCUT2D eigenvalue weighted by Crippen LogP contribution is -2.25. The number of nitrogens with zero attached hydrogens (tertiary/aromatic N) is 2. The van der Waals surface area contributed by atoms with Crippen LogP contribution in [0, 0.1) is 0 Å². The van der Waals surface area contributed by atoms with Crippen LogP contribution >= 0.6 is 0 Å². The highest BCUT2D eigenvalue weighted by molar-refractivity contribution is 5.98. The molecule has 0 bridgehead atoms. The Kier molecular flexibility index (Phi) is 5.48. The summed E-state index contributed by atoms with van der Waals surface area (Å²) in [5, 5.41) is 6.69. The van der Waals surface area contributed by atoms with Crippen molar-refractivity contribution in [2.45, 2.75) is 19.8 Å². The molecule has 6 heteroatoms. The third-order valence-electron chi connectivity index (χ3n) is 2.33. The van der Waals surface area contributed by atoms with Crippen molar-refractivity contribution in [2.24, 2.45) is 7.05 Å². The number of ether oxygens (including phenoxy) is 1. The number of anilines is 1. The lowest BCUT2D eigenvalue weighted by molar-refractivity contribution is 0.0942. The number of nitrogen functional groups attached to an aromatic ring is 1. The first-order valence-electron chi connectivity index (χ1n) is 5.80. The van der Waals surface area contributed by atoms with Crippen LogP contribution in [0.25, 0.3) is 0 Å². The van der Waals surface area contributed by atoms with Crippen LogP contribution in [-0.4, -0.2) is 35.4 Å². The van der Waals surface area contributed by atoms with Gasteiger partial charge in [0, 0.05) is 26.8 Å². The van der Waals surface area contributed by atoms with Gasteiger partial charge in [-0.2, -0.15) is 5.10 Å². The Morgan fingerprint density at radius 1 is 1.59 bits per heavy atom. The number of amides is 1. The van der Waals surface area contributed by atoms with Gasteiger partial charge in [-0.15, -0.1) is 0 Å². The van der Waals surface area contributed by atoms with Gasteiger partial charge < -0.3 is 15.8 Å². The van der Waals surface area contributed by atoms with Crippen LogP contribution in [0.2, 0.25) is 0 Å². The molecule has 17 heavy (non-hydrogen) atoms. The summed E-state index contributed by atoms with van der Waals surface area (Å²) >= 11 is 0. The van der Waals surface area contributed by atoms with E-state index in [1.165, 1.54) is 10.9 Å². The van der Waals surface area contributed by atoms with Gasteiger partial charge in [-0.25, -0.2) is 0 Å². The van der Waals surface area contributed by atoms with Crippen molar-refractivity contribution in [1.29, 1.82) is 0 Å². The van der Waals surface area contributed by atoms with Crippen LogP contribution in [-0.2, 0) is 11.8 Å². The van der Waals surface area contributed by atoms with Gasteiger partial charge in [0.15, 0.2) is 0 Å². The Morgan fingerprint density at radius 3 is 2.94 bits per heavy atom. The Bertz CT molecular complexity index is 362. The number of carbonyl (C=O) groups is 1. The van der Waals surface area contributed by atoms with Gasteiger partial charge in [0.2, 0.25) is 0 Å². The number of carbonyl (C=O) groups excluding carboxylic acids is 1. The van der Waals surface area contributed by atoms with Crippen LogP contribution in [0.15, 0.2) is 6.20 Å². The van der Waals surface area contributed by atoms with E-state index in [1.54, 1.807) is 7.05 Å². The molecule has 96 valence electrons. The Balaban J connectivity index is 2.24. The van der Waals surface area contributed by atoms with E-state index in [-0.39, 0.29) is 5.91 Å². The van der Waals surface area contributed by atoms with Crippen LogP contribution in [0.5, 0.6) is 0 Å². The molecule has 0 aromatic carbocycles. The van der Waals surface area contributed by atoms with E-state index in [0.717, 1.165) is 19.4 Å². The van der Waals surface area contributed by atoms with E-state index in [9.17, 15) is 4.79 Å². The second kappa shape index (κ2) is 6.90. The zero-order chi connectivity index (χ0) is 12.7. The van der Waals surface area contributed by atoms with Crippen molar-refractivity contribution in [3.8, 4) is 0 Å². The largest absolute Gasteiger partial charge is 0.383 e. The summed E-state index contributed by atoms with van der Waals surface area (Å²) in [6.07, 6.45) is 3.28. The van der Waals surface area contributed by atoms with Gasteiger partial charge in [-0.1, -0.05) is 6.92 Å². The van der Waals surface area contributed by atoms with Crippen molar-refractivity contribution >= 4 is 11.7 Å². The fourth-order valence-electron chi connectivity index (χ4n) is 1.34. The van der Waals surface area contributed by atoms with Crippen molar-refractivity contribution in [3.63, 3.8) is 0 Å². The lowest BCUT2D eigenvalue weighted by atomic mass is 10.3. The SMILES string of the molecule is CCCOCCCNC(=O)c1cnn(C)c1N. The molecule has 0 saturated heterocycles. The zero-order valence-corrected chi connectivity index (χ0v) is 10.4. The van der Waals surface area contributed by atoms with Crippen LogP contribution in [0.4, 0.5) is 5.82 Å². The molecule has 0 aliphatic heterocycles. The fourth-order valence-corrected chi connectivity index (χ4v) is 1.34. The molecule has 6 nitrogen and oxygen atoms in total. The predicted octanol–water partition coefficient (Wildman–Crippen LogP) is 0.549. The van der Waals surface area contributed by atoms with Crippen molar-refractivity contribution in [2.75, 3.05) is 25.5 Å². The minimum absolute atomic E-state index is 0.189. The van der Waals surface area contributed by atoms with E-state index in [0.29, 0.717) is 24.5 Å². The highest BCUT2D eigenvalue weighted by Gasteiger charge is 2.12. The summed E-state index contributed by atoms with van der Waals surface area (Å²) in [5.41, 5.74) is 6.11. The molecule has 0 fully saturated rings. The van der Waals surface area contributed by atoms with Crippen LogP contribution < -0.4 is 11.1 Å². The van der Waals surface area contributed by atoms with Gasteiger partial charge in [0.25, 0.3) is 5.91 Å². The number of hydrogen-bond donors (Lipinski definition) is 2. The van der Waals surface area contributed by atoms with Gasteiger partial charge in [-0.05, 0) is 12.8 Å². The molecule has 0 spiro atoms. The molecule has 0 aliphatic carbocycles. The molecule has 0 unspecified atom stereocenters. The molecule has 1 amide bonds. The third-order valence-corrected chi connectivity index (χ3v) is 2.33. The quantitative estimate of drug-likeness (QED) is 0.682. The van der Waals surface area contributed by atoms with Crippen LogP contribution in [0.1, 0.15) is 30.1 Å². The average molecular weight is 240 g/mol. The van der Waals surface area contributed by atoms with Crippen molar-refractivity contribution in [1.82, 2.24) is 15.1 Å². The number of aryl methyl sites for hydroxylation is 1. The predicted molar refractivity (Wildman–Crippen MR) is 65.7 cm³/mol. The number of hydrogen-bond acceptors (Lipinski definition) is 4. The van der Waals surface area contributed by atoms with Gasteiger partial charge >= 0.3 is 0 Å². The van der Waals surface area contributed by atoms with Gasteiger partial charge in [0.1, 0.15) is 11.4 Å². The molecule has 0 saturated carbocycles. The fraction of sp³-hybridized carbons (Fsp3) is 0.636. The maximum Gasteiger partial charge on any atom is 0.256 e. The van der Waals surface area contributed by atoms with Gasteiger partial charge in [0.05, 0.1) is 6.20 Å². The summed E-state index contributed by atoms with van der Waals surface area (Å²) in [5.74, 6) is 0.191. The maximum atomic E-state index is 11.7. The molecule has 0 radical (unpaired) electrons. The van der Waals surface area contributed by atoms with E-state index in [2.05, 4.69) is 17.3 Å². The first-order valence-corrected chi connectivity index (χ1v) is 5.80. The molecule has 1 heterocycles. The number of nitrogens with one attached hydrogen (secondary N) is 1. The highest BCUT2D eigenvalue weighted by Crippen LogP contribution is 2.08. The van der Waals surface area contributed by atoms with Crippen molar-refractivity contribution in [3.05, 3.63) is 11.8 Å². The highest BCUT2D eigenvalue weighted by atomic mass is 16.5. The average Bonchev–Trinajstić information content (AvgIpc) is 2.64. The first-order chi connectivity index (χ1) is 8.16. The maximum absolute atomic E-state index is 11.7. The molecular formula is C11H20N4O2. The molecular weight excluding hydrogens is 220 g/mol. The second-order valence-electron chi connectivity index (χ2n) is 3.79. The smallest absolute Gasteiger partial charge is 0.256 e. The lowest BCUT2D eigenvalue weighted by Gasteiger charge is -2.05. The summed E-state index contributed by atoms with van der Waals surface area (Å²) in [7, 11) is 1.70. The molecule has 1 aromatic rings. The van der Waals surface area contributed by atoms with E-state index in [4.69, 9.17) is 10.5 Å². The number of rotatable bonds is 7. The molecule has 3 N–H and O–H groups in total. The Labute approximate surface area is 101 Å². The second-order valence-corrected chi connectivity index (χ2v) is 3.79. The Morgan fingerprint density at radius 2 is 2.35 bits per heavy atom. The molecule has 1 rings (SSSR count). The summed E-state index contributed by atoms with van der Waals surface area (Å²) in [6.45, 7) is 4.07. The number of aromatic nitrogens is 2. The zero-order valence-electron chi connectivity index (χ0n) is 10.4. The number of nitrogens with two attached hydrogens (primary N) is 1. The molecule has 1 aromatic heterocycles. The van der Waals surface area contributed by atoms with Crippen LogP contribution in [0.3, 0.4) is 0 Å². The topological polar surface area (TPSA) is 82.2 Å². The summed E-state index contributed by atoms with van der Waals surface area (Å²) in [4.78, 5) is 11.7. The van der Waals surface area contributed by atoms with E-state index < -0.39 is 0 Å². The minimum atomic E-state index is -0.189. The summed E-state index contributed by atoms with van der Waals surface area (Å²) in [6, 6.07) is 0. The standard InChI is InChI=1S/C11H20N4O2/c1-3-6-17-7-4-5-13-11(16)9-8-14-15(2)10(9)12/h8H,3-7,12H2,1-2H3,(H,13,16). The minimum Gasteiger partial charge on any atom is -0.383 e. The summed E-state index contributed by atoms with van der Waals surface area (Å²) < 4.78 is 6.78. The van der Waals surface area contributed by atoms with E-state index >= 15 is 0 Å². The van der Waals surface area contributed by atoms with Gasteiger partial charge in [-0.3, -0.25) is 9.48 Å². The Hall–Kier alpha value is -1.56. The molecule has 0 atom stereocenters.